The summed E-state index contributed by atoms with van der Waals surface area (Å²) in [5, 5.41) is 3.04. The summed E-state index contributed by atoms with van der Waals surface area (Å²) in [4.78, 5) is 28.5. The van der Waals surface area contributed by atoms with Crippen LogP contribution in [-0.2, 0) is 9.59 Å². The highest BCUT2D eigenvalue weighted by Crippen LogP contribution is 2.25. The number of likely N-dealkylation sites (tertiary alicyclic amines) is 1. The van der Waals surface area contributed by atoms with Gasteiger partial charge in [-0.3, -0.25) is 9.59 Å². The Bertz CT molecular complexity index is 713. The summed E-state index contributed by atoms with van der Waals surface area (Å²) in [6, 6.07) is 3.96. The van der Waals surface area contributed by atoms with E-state index >= 15 is 0 Å². The highest BCUT2D eigenvalue weighted by atomic mass is 19.2. The standard InChI is InChI=1S/C21H29F2N3O2/c1-2-4-20(27)26-9-3-5-16(14-26)21(28)24-12-15-8-10-25(13-15)17-6-7-18(22)19(23)11-17/h6-7,11,15-16H,2-5,8-10,12-14H2,1H3,(H,24,28). The van der Waals surface area contributed by atoms with Crippen LogP contribution in [0.15, 0.2) is 18.2 Å². The van der Waals surface area contributed by atoms with Gasteiger partial charge in [0, 0.05) is 50.9 Å². The maximum Gasteiger partial charge on any atom is 0.224 e. The molecule has 0 radical (unpaired) electrons. The van der Waals surface area contributed by atoms with Gasteiger partial charge >= 0.3 is 0 Å². The number of carbonyl (C=O) groups is 2. The minimum atomic E-state index is -0.842. The molecular formula is C21H29F2N3O2. The molecule has 1 aromatic rings. The first kappa shape index (κ1) is 20.6. The van der Waals surface area contributed by atoms with E-state index in [4.69, 9.17) is 0 Å². The lowest BCUT2D eigenvalue weighted by molar-refractivity contribution is -0.135. The summed E-state index contributed by atoms with van der Waals surface area (Å²) < 4.78 is 26.5. The number of carbonyl (C=O) groups excluding carboxylic acids is 2. The van der Waals surface area contributed by atoms with Gasteiger partial charge in [0.05, 0.1) is 5.92 Å². The second-order valence-electron chi connectivity index (χ2n) is 7.87. The van der Waals surface area contributed by atoms with Gasteiger partial charge in [0.1, 0.15) is 0 Å². The van der Waals surface area contributed by atoms with Crippen LogP contribution in [0.5, 0.6) is 0 Å². The summed E-state index contributed by atoms with van der Waals surface area (Å²) in [7, 11) is 0. The molecule has 2 aliphatic heterocycles. The Labute approximate surface area is 165 Å². The van der Waals surface area contributed by atoms with Gasteiger partial charge in [-0.05, 0) is 43.7 Å². The largest absolute Gasteiger partial charge is 0.371 e. The van der Waals surface area contributed by atoms with E-state index in [2.05, 4.69) is 5.32 Å². The quantitative estimate of drug-likeness (QED) is 0.809. The number of piperidine rings is 1. The summed E-state index contributed by atoms with van der Waals surface area (Å²) >= 11 is 0. The number of nitrogens with one attached hydrogen (secondary N) is 1. The molecule has 0 saturated carbocycles. The highest BCUT2D eigenvalue weighted by Gasteiger charge is 2.29. The Balaban J connectivity index is 1.46. The van der Waals surface area contributed by atoms with Crippen LogP contribution >= 0.6 is 0 Å². The van der Waals surface area contributed by atoms with Crippen LogP contribution in [-0.4, -0.2) is 49.4 Å². The molecular weight excluding hydrogens is 364 g/mol. The SMILES string of the molecule is CCCC(=O)N1CCCC(C(=O)NCC2CCN(c3ccc(F)c(F)c3)C2)C1. The number of amides is 2. The molecule has 28 heavy (non-hydrogen) atoms. The van der Waals surface area contributed by atoms with Crippen molar-refractivity contribution in [3.05, 3.63) is 29.8 Å². The van der Waals surface area contributed by atoms with Crippen LogP contribution in [0.2, 0.25) is 0 Å². The number of hydrogen-bond donors (Lipinski definition) is 1. The van der Waals surface area contributed by atoms with Crippen LogP contribution in [0, 0.1) is 23.5 Å². The first-order chi connectivity index (χ1) is 13.5. The van der Waals surface area contributed by atoms with Gasteiger partial charge in [-0.2, -0.15) is 0 Å². The van der Waals surface area contributed by atoms with Gasteiger partial charge in [0.25, 0.3) is 0 Å². The van der Waals surface area contributed by atoms with Gasteiger partial charge < -0.3 is 15.1 Å². The average molecular weight is 393 g/mol. The zero-order valence-corrected chi connectivity index (χ0v) is 16.4. The van der Waals surface area contributed by atoms with Gasteiger partial charge in [-0.15, -0.1) is 0 Å². The lowest BCUT2D eigenvalue weighted by Crippen LogP contribution is -2.46. The molecule has 2 amide bonds. The fraction of sp³-hybridized carbons (Fsp3) is 0.619. The Morgan fingerprint density at radius 1 is 1.14 bits per heavy atom. The molecule has 2 atom stereocenters. The van der Waals surface area contributed by atoms with E-state index in [0.29, 0.717) is 31.7 Å². The van der Waals surface area contributed by atoms with Crippen molar-refractivity contribution in [1.29, 1.82) is 0 Å². The van der Waals surface area contributed by atoms with E-state index in [1.165, 1.54) is 6.07 Å². The molecule has 0 spiro atoms. The first-order valence-electron chi connectivity index (χ1n) is 10.2. The van der Waals surface area contributed by atoms with E-state index in [1.54, 1.807) is 6.07 Å². The van der Waals surface area contributed by atoms with Crippen LogP contribution in [0.3, 0.4) is 0 Å². The number of benzene rings is 1. The Hall–Kier alpha value is -2.18. The molecule has 2 aliphatic rings. The molecule has 1 aromatic carbocycles. The molecule has 2 saturated heterocycles. The number of nitrogens with zero attached hydrogens (tertiary/aromatic N) is 2. The lowest BCUT2D eigenvalue weighted by atomic mass is 9.96. The molecule has 5 nitrogen and oxygen atoms in total. The van der Waals surface area contributed by atoms with Crippen molar-refractivity contribution in [2.24, 2.45) is 11.8 Å². The fourth-order valence-corrected chi connectivity index (χ4v) is 4.09. The zero-order chi connectivity index (χ0) is 20.1. The first-order valence-corrected chi connectivity index (χ1v) is 10.2. The van der Waals surface area contributed by atoms with Gasteiger partial charge in [-0.25, -0.2) is 8.78 Å². The summed E-state index contributed by atoms with van der Waals surface area (Å²) in [5.74, 6) is -1.39. The molecule has 7 heteroatoms. The number of anilines is 1. The molecule has 2 fully saturated rings. The van der Waals surface area contributed by atoms with Gasteiger partial charge in [-0.1, -0.05) is 6.92 Å². The summed E-state index contributed by atoms with van der Waals surface area (Å²) in [6.07, 6.45) is 3.93. The Kier molecular flexibility index (Phi) is 6.86. The third-order valence-corrected chi connectivity index (χ3v) is 5.73. The van der Waals surface area contributed by atoms with E-state index in [-0.39, 0.29) is 23.7 Å². The highest BCUT2D eigenvalue weighted by molar-refractivity contribution is 5.81. The smallest absolute Gasteiger partial charge is 0.224 e. The minimum absolute atomic E-state index is 0.0141. The lowest BCUT2D eigenvalue weighted by Gasteiger charge is -2.32. The van der Waals surface area contributed by atoms with Gasteiger partial charge in [0.2, 0.25) is 11.8 Å². The third-order valence-electron chi connectivity index (χ3n) is 5.73. The summed E-state index contributed by atoms with van der Waals surface area (Å²) in [5.41, 5.74) is 0.671. The fourth-order valence-electron chi connectivity index (χ4n) is 4.09. The predicted molar refractivity (Wildman–Crippen MR) is 104 cm³/mol. The van der Waals surface area contributed by atoms with Crippen LogP contribution in [0.4, 0.5) is 14.5 Å². The van der Waals surface area contributed by atoms with E-state index in [9.17, 15) is 18.4 Å². The van der Waals surface area contributed by atoms with Crippen molar-refractivity contribution in [3.63, 3.8) is 0 Å². The van der Waals surface area contributed by atoms with Crippen LogP contribution < -0.4 is 10.2 Å². The number of halogens is 2. The topological polar surface area (TPSA) is 52.7 Å². The zero-order valence-electron chi connectivity index (χ0n) is 16.4. The van der Waals surface area contributed by atoms with E-state index in [1.807, 2.05) is 16.7 Å². The van der Waals surface area contributed by atoms with Gasteiger partial charge in [0.15, 0.2) is 11.6 Å². The van der Waals surface area contributed by atoms with Crippen molar-refractivity contribution >= 4 is 17.5 Å². The molecule has 154 valence electrons. The van der Waals surface area contributed by atoms with Crippen molar-refractivity contribution in [2.75, 3.05) is 37.6 Å². The molecule has 0 aromatic heterocycles. The van der Waals surface area contributed by atoms with Crippen molar-refractivity contribution in [2.45, 2.75) is 39.0 Å². The monoisotopic (exact) mass is 393 g/mol. The van der Waals surface area contributed by atoms with Crippen LogP contribution in [0.25, 0.3) is 0 Å². The molecule has 2 heterocycles. The Morgan fingerprint density at radius 3 is 2.71 bits per heavy atom. The minimum Gasteiger partial charge on any atom is -0.371 e. The molecule has 0 bridgehead atoms. The average Bonchev–Trinajstić information content (AvgIpc) is 3.17. The maximum absolute atomic E-state index is 13.4. The molecule has 3 rings (SSSR count). The normalized spacial score (nSPS) is 22.4. The van der Waals surface area contributed by atoms with E-state index in [0.717, 1.165) is 44.8 Å². The summed E-state index contributed by atoms with van der Waals surface area (Å²) in [6.45, 7) is 5.27. The predicted octanol–water partition coefficient (Wildman–Crippen LogP) is 2.95. The second-order valence-corrected chi connectivity index (χ2v) is 7.87. The van der Waals surface area contributed by atoms with Crippen molar-refractivity contribution in [3.8, 4) is 0 Å². The van der Waals surface area contributed by atoms with Crippen LogP contribution in [0.1, 0.15) is 39.0 Å². The molecule has 0 aliphatic carbocycles. The number of hydrogen-bond acceptors (Lipinski definition) is 3. The number of rotatable bonds is 6. The molecule has 2 unspecified atom stereocenters. The third kappa shape index (κ3) is 5.00. The molecule has 1 N–H and O–H groups in total. The Morgan fingerprint density at radius 2 is 1.96 bits per heavy atom. The van der Waals surface area contributed by atoms with E-state index < -0.39 is 11.6 Å². The maximum atomic E-state index is 13.4. The second kappa shape index (κ2) is 9.34. The van der Waals surface area contributed by atoms with Crippen molar-refractivity contribution < 1.29 is 18.4 Å². The van der Waals surface area contributed by atoms with Crippen molar-refractivity contribution in [1.82, 2.24) is 10.2 Å².